The van der Waals surface area contributed by atoms with E-state index in [9.17, 15) is 18.4 Å². The van der Waals surface area contributed by atoms with Crippen molar-refractivity contribution in [1.82, 2.24) is 4.98 Å². The lowest BCUT2D eigenvalue weighted by molar-refractivity contribution is 0.0253. The number of hydrogen-bond donors (Lipinski definition) is 1. The number of nitrogens with zero attached hydrogens (tertiary/aromatic N) is 1. The van der Waals surface area contributed by atoms with E-state index < -0.39 is 34.9 Å². The number of halogens is 2. The molecule has 33 heavy (non-hydrogen) atoms. The average Bonchev–Trinajstić information content (AvgIpc) is 3.10. The zero-order chi connectivity index (χ0) is 24.2. The van der Waals surface area contributed by atoms with Gasteiger partial charge in [-0.1, -0.05) is 11.3 Å². The molecule has 1 aromatic heterocycles. The van der Waals surface area contributed by atoms with Crippen LogP contribution in [-0.2, 0) is 14.2 Å². The van der Waals surface area contributed by atoms with Crippen LogP contribution in [0.25, 0.3) is 10.6 Å². The Bertz CT molecular complexity index is 992. The van der Waals surface area contributed by atoms with Crippen molar-refractivity contribution in [1.29, 1.82) is 0 Å². The van der Waals surface area contributed by atoms with E-state index in [0.717, 1.165) is 23.5 Å². The minimum absolute atomic E-state index is 0.0426. The number of benzene rings is 1. The van der Waals surface area contributed by atoms with E-state index in [1.807, 2.05) is 0 Å². The molecule has 180 valence electrons. The number of aromatic nitrogens is 1. The van der Waals surface area contributed by atoms with E-state index in [-0.39, 0.29) is 34.2 Å². The standard InChI is InChI=1S/C22H26F2N2O6S/c1-5-30-20(27)17-19(26-21(28)32-22(2,3)4)33-18(25-17)16-14(23)10-13(11-15(16)24)31-12-6-8-29-9-7-12/h10-12H,5-9H2,1-4H3,(H,26,28). The highest BCUT2D eigenvalue weighted by molar-refractivity contribution is 7.19. The van der Waals surface area contributed by atoms with E-state index in [1.165, 1.54) is 0 Å². The second-order valence-corrected chi connectivity index (χ2v) is 9.23. The van der Waals surface area contributed by atoms with Gasteiger partial charge in [-0.2, -0.15) is 0 Å². The molecule has 1 N–H and O–H groups in total. The second-order valence-electron chi connectivity index (χ2n) is 8.24. The first kappa shape index (κ1) is 24.8. The van der Waals surface area contributed by atoms with Crippen LogP contribution in [0.5, 0.6) is 5.75 Å². The molecule has 2 heterocycles. The summed E-state index contributed by atoms with van der Waals surface area (Å²) in [6, 6.07) is 2.14. The molecule has 1 fully saturated rings. The second kappa shape index (κ2) is 10.4. The molecule has 0 bridgehead atoms. The monoisotopic (exact) mass is 484 g/mol. The zero-order valence-electron chi connectivity index (χ0n) is 18.8. The summed E-state index contributed by atoms with van der Waals surface area (Å²) in [4.78, 5) is 28.6. The smallest absolute Gasteiger partial charge is 0.412 e. The fraction of sp³-hybridized carbons (Fsp3) is 0.500. The highest BCUT2D eigenvalue weighted by Crippen LogP contribution is 2.37. The summed E-state index contributed by atoms with van der Waals surface area (Å²) in [5.74, 6) is -2.61. The van der Waals surface area contributed by atoms with Crippen molar-refractivity contribution >= 4 is 28.4 Å². The summed E-state index contributed by atoms with van der Waals surface area (Å²) < 4.78 is 50.9. The van der Waals surface area contributed by atoms with Gasteiger partial charge in [-0.3, -0.25) is 5.32 Å². The molecule has 2 aromatic rings. The predicted molar refractivity (Wildman–Crippen MR) is 118 cm³/mol. The van der Waals surface area contributed by atoms with Crippen LogP contribution in [0.4, 0.5) is 18.6 Å². The number of amides is 1. The van der Waals surface area contributed by atoms with Crippen molar-refractivity contribution in [2.45, 2.75) is 52.2 Å². The predicted octanol–water partition coefficient (Wildman–Crippen LogP) is 5.17. The third-order valence-electron chi connectivity index (χ3n) is 4.41. The summed E-state index contributed by atoms with van der Waals surface area (Å²) in [6.07, 6.45) is 0.216. The summed E-state index contributed by atoms with van der Waals surface area (Å²) in [5, 5.41) is 2.23. The number of esters is 1. The normalized spacial score (nSPS) is 14.6. The van der Waals surface area contributed by atoms with Crippen LogP contribution < -0.4 is 10.1 Å². The number of thiazole rings is 1. The number of carbonyl (C=O) groups excluding carboxylic acids is 2. The van der Waals surface area contributed by atoms with E-state index in [0.29, 0.717) is 26.1 Å². The van der Waals surface area contributed by atoms with Gasteiger partial charge in [-0.15, -0.1) is 0 Å². The van der Waals surface area contributed by atoms with Crippen molar-refractivity contribution in [2.75, 3.05) is 25.1 Å². The first-order valence-electron chi connectivity index (χ1n) is 10.5. The minimum atomic E-state index is -0.912. The van der Waals surface area contributed by atoms with E-state index in [4.69, 9.17) is 18.9 Å². The van der Waals surface area contributed by atoms with Gasteiger partial charge in [0.05, 0.1) is 25.4 Å². The van der Waals surface area contributed by atoms with Crippen molar-refractivity contribution in [3.8, 4) is 16.3 Å². The van der Waals surface area contributed by atoms with Crippen molar-refractivity contribution in [3.05, 3.63) is 29.5 Å². The molecular formula is C22H26F2N2O6S. The van der Waals surface area contributed by atoms with Gasteiger partial charge >= 0.3 is 12.1 Å². The molecule has 0 saturated carbocycles. The largest absolute Gasteiger partial charge is 0.490 e. The molecule has 1 aromatic carbocycles. The maximum absolute atomic E-state index is 14.9. The molecule has 1 aliphatic rings. The van der Waals surface area contributed by atoms with Gasteiger partial charge < -0.3 is 18.9 Å². The van der Waals surface area contributed by atoms with Gasteiger partial charge in [0.15, 0.2) is 5.69 Å². The minimum Gasteiger partial charge on any atom is -0.490 e. The van der Waals surface area contributed by atoms with Crippen molar-refractivity contribution in [2.24, 2.45) is 0 Å². The summed E-state index contributed by atoms with van der Waals surface area (Å²) in [7, 11) is 0. The molecule has 11 heteroatoms. The van der Waals surface area contributed by atoms with Gasteiger partial charge in [0.25, 0.3) is 0 Å². The molecule has 8 nitrogen and oxygen atoms in total. The molecule has 1 amide bonds. The molecular weight excluding hydrogens is 458 g/mol. The Hall–Kier alpha value is -2.79. The average molecular weight is 485 g/mol. The summed E-state index contributed by atoms with van der Waals surface area (Å²) >= 11 is 0.730. The van der Waals surface area contributed by atoms with Crippen LogP contribution in [0, 0.1) is 11.6 Å². The van der Waals surface area contributed by atoms with Crippen molar-refractivity contribution < 1.29 is 37.3 Å². The Morgan fingerprint density at radius 3 is 2.42 bits per heavy atom. The van der Waals surface area contributed by atoms with Crippen LogP contribution in [0.15, 0.2) is 12.1 Å². The zero-order valence-corrected chi connectivity index (χ0v) is 19.6. The highest BCUT2D eigenvalue weighted by atomic mass is 32.1. The van der Waals surface area contributed by atoms with Crippen molar-refractivity contribution in [3.63, 3.8) is 0 Å². The molecule has 0 unspecified atom stereocenters. The fourth-order valence-electron chi connectivity index (χ4n) is 3.05. The third-order valence-corrected chi connectivity index (χ3v) is 5.40. The third kappa shape index (κ3) is 6.61. The maximum Gasteiger partial charge on any atom is 0.412 e. The number of ether oxygens (including phenoxy) is 4. The van der Waals surface area contributed by atoms with Gasteiger partial charge in [0.1, 0.15) is 39.1 Å². The Morgan fingerprint density at radius 2 is 1.85 bits per heavy atom. The van der Waals surface area contributed by atoms with Crippen LogP contribution in [0.2, 0.25) is 0 Å². The van der Waals surface area contributed by atoms with E-state index in [2.05, 4.69) is 10.3 Å². The quantitative estimate of drug-likeness (QED) is 0.565. The molecule has 3 rings (SSSR count). The van der Waals surface area contributed by atoms with Crippen LogP contribution in [-0.4, -0.2) is 48.6 Å². The summed E-state index contributed by atoms with van der Waals surface area (Å²) in [6.45, 7) is 7.72. The van der Waals surface area contributed by atoms with Crippen LogP contribution >= 0.6 is 11.3 Å². The molecule has 0 atom stereocenters. The molecule has 0 spiro atoms. The summed E-state index contributed by atoms with van der Waals surface area (Å²) in [5.41, 5.74) is -1.51. The lowest BCUT2D eigenvalue weighted by atomic mass is 10.1. The van der Waals surface area contributed by atoms with Crippen LogP contribution in [0.3, 0.4) is 0 Å². The van der Waals surface area contributed by atoms with E-state index >= 15 is 0 Å². The first-order valence-corrected chi connectivity index (χ1v) is 11.3. The van der Waals surface area contributed by atoms with Gasteiger partial charge in [0, 0.05) is 25.0 Å². The van der Waals surface area contributed by atoms with Gasteiger partial charge in [0.2, 0.25) is 0 Å². The van der Waals surface area contributed by atoms with Gasteiger partial charge in [-0.25, -0.2) is 23.4 Å². The SMILES string of the molecule is CCOC(=O)c1nc(-c2c(F)cc(OC3CCOCC3)cc2F)sc1NC(=O)OC(C)(C)C. The molecule has 1 aliphatic heterocycles. The number of hydrogen-bond acceptors (Lipinski definition) is 8. The first-order chi connectivity index (χ1) is 15.6. The Balaban J connectivity index is 1.91. The lowest BCUT2D eigenvalue weighted by Gasteiger charge is -2.23. The van der Waals surface area contributed by atoms with Crippen LogP contribution in [0.1, 0.15) is 51.0 Å². The molecule has 0 radical (unpaired) electrons. The number of carbonyl (C=O) groups is 2. The number of rotatable bonds is 6. The lowest BCUT2D eigenvalue weighted by Crippen LogP contribution is -2.27. The Kier molecular flexibility index (Phi) is 7.85. The fourth-order valence-corrected chi connectivity index (χ4v) is 4.04. The highest BCUT2D eigenvalue weighted by Gasteiger charge is 2.27. The Morgan fingerprint density at radius 1 is 1.21 bits per heavy atom. The van der Waals surface area contributed by atoms with Gasteiger partial charge in [-0.05, 0) is 27.7 Å². The Labute approximate surface area is 194 Å². The topological polar surface area (TPSA) is 96.0 Å². The molecule has 1 saturated heterocycles. The molecule has 0 aliphatic carbocycles. The number of anilines is 1. The number of nitrogens with one attached hydrogen (secondary N) is 1. The van der Waals surface area contributed by atoms with E-state index in [1.54, 1.807) is 27.7 Å². The maximum atomic E-state index is 14.9.